The molecule has 20 heavy (non-hydrogen) atoms. The highest BCUT2D eigenvalue weighted by Crippen LogP contribution is 2.44. The normalized spacial score (nSPS) is 22.8. The molecule has 2 nitrogen and oxygen atoms in total. The van der Waals surface area contributed by atoms with Crippen LogP contribution in [0.3, 0.4) is 0 Å². The Labute approximate surface area is 124 Å². The van der Waals surface area contributed by atoms with E-state index in [1.54, 1.807) is 5.56 Å². The van der Waals surface area contributed by atoms with E-state index in [2.05, 4.69) is 39.9 Å². The van der Waals surface area contributed by atoms with Gasteiger partial charge < -0.3 is 5.32 Å². The lowest BCUT2D eigenvalue weighted by atomic mass is 9.76. The van der Waals surface area contributed by atoms with Crippen molar-refractivity contribution in [1.82, 2.24) is 10.2 Å². The van der Waals surface area contributed by atoms with Gasteiger partial charge in [0.15, 0.2) is 0 Å². The highest BCUT2D eigenvalue weighted by molar-refractivity contribution is 7.17. The van der Waals surface area contributed by atoms with E-state index in [4.69, 9.17) is 0 Å². The molecule has 0 amide bonds. The fraction of sp³-hybridized carbons (Fsp3) is 0.529. The molecule has 3 heteroatoms. The molecule has 0 bridgehead atoms. The van der Waals surface area contributed by atoms with Crippen molar-refractivity contribution in [3.8, 4) is 0 Å². The molecule has 1 atom stereocenters. The van der Waals surface area contributed by atoms with Gasteiger partial charge in [0.05, 0.1) is 0 Å². The van der Waals surface area contributed by atoms with Gasteiger partial charge in [-0.2, -0.15) is 0 Å². The first-order valence-corrected chi connectivity index (χ1v) is 8.72. The number of nitrogens with one attached hydrogen (secondary N) is 1. The molecule has 4 rings (SSSR count). The lowest BCUT2D eigenvalue weighted by Gasteiger charge is -2.43. The Kier molecular flexibility index (Phi) is 3.51. The van der Waals surface area contributed by atoms with Gasteiger partial charge in [0, 0.05) is 36.9 Å². The van der Waals surface area contributed by atoms with E-state index in [0.717, 1.165) is 19.0 Å². The molecule has 1 aromatic carbocycles. The third-order valence-corrected chi connectivity index (χ3v) is 5.95. The second-order valence-electron chi connectivity index (χ2n) is 6.11. The number of nitrogens with zero attached hydrogens (tertiary/aromatic N) is 1. The minimum atomic E-state index is 0.655. The Hall–Kier alpha value is -0.900. The van der Waals surface area contributed by atoms with E-state index in [0.29, 0.717) is 6.04 Å². The smallest absolute Gasteiger partial charge is 0.0391 e. The Morgan fingerprint density at radius 3 is 2.70 bits per heavy atom. The number of thiophene rings is 1. The highest BCUT2D eigenvalue weighted by atomic mass is 32.1. The van der Waals surface area contributed by atoms with Crippen molar-refractivity contribution in [2.75, 3.05) is 26.2 Å². The van der Waals surface area contributed by atoms with Gasteiger partial charge in [-0.05, 0) is 41.2 Å². The van der Waals surface area contributed by atoms with Crippen LogP contribution in [0.4, 0.5) is 0 Å². The van der Waals surface area contributed by atoms with Crippen LogP contribution in [0.1, 0.15) is 30.9 Å². The molecule has 1 aliphatic heterocycles. The van der Waals surface area contributed by atoms with E-state index >= 15 is 0 Å². The summed E-state index contributed by atoms with van der Waals surface area (Å²) in [4.78, 5) is 2.73. The molecule has 1 saturated heterocycles. The monoisotopic (exact) mass is 286 g/mol. The third-order valence-electron chi connectivity index (χ3n) is 4.97. The van der Waals surface area contributed by atoms with Gasteiger partial charge in [0.1, 0.15) is 0 Å². The van der Waals surface area contributed by atoms with Crippen LogP contribution in [0.2, 0.25) is 0 Å². The number of benzene rings is 1. The third kappa shape index (κ3) is 2.18. The van der Waals surface area contributed by atoms with Crippen LogP contribution < -0.4 is 5.32 Å². The van der Waals surface area contributed by atoms with E-state index < -0.39 is 0 Å². The largest absolute Gasteiger partial charge is 0.314 e. The standard InChI is InChI=1S/C17H22N2S/c1-2-7-16-14(6-1)15(12-20-16)17(13-4-3-5-13)19-10-8-18-9-11-19/h1-2,6-7,12-13,17-18H,3-5,8-11H2/t17-/m1/s1. The van der Waals surface area contributed by atoms with Crippen LogP contribution in [0.5, 0.6) is 0 Å². The zero-order valence-electron chi connectivity index (χ0n) is 11.8. The summed E-state index contributed by atoms with van der Waals surface area (Å²) in [5, 5.41) is 7.41. The summed E-state index contributed by atoms with van der Waals surface area (Å²) in [5.41, 5.74) is 1.59. The van der Waals surface area contributed by atoms with Gasteiger partial charge in [-0.15, -0.1) is 11.3 Å². The number of rotatable bonds is 3. The van der Waals surface area contributed by atoms with Crippen molar-refractivity contribution in [3.63, 3.8) is 0 Å². The van der Waals surface area contributed by atoms with Gasteiger partial charge in [0.25, 0.3) is 0 Å². The molecule has 1 N–H and O–H groups in total. The Balaban J connectivity index is 1.73. The minimum absolute atomic E-state index is 0.655. The molecule has 1 aliphatic carbocycles. The van der Waals surface area contributed by atoms with Crippen LogP contribution in [-0.2, 0) is 0 Å². The number of hydrogen-bond donors (Lipinski definition) is 1. The first kappa shape index (κ1) is 12.8. The van der Waals surface area contributed by atoms with Crippen LogP contribution in [0.25, 0.3) is 10.1 Å². The minimum Gasteiger partial charge on any atom is -0.314 e. The molecule has 2 heterocycles. The van der Waals surface area contributed by atoms with Gasteiger partial charge in [-0.3, -0.25) is 4.90 Å². The van der Waals surface area contributed by atoms with Crippen LogP contribution in [-0.4, -0.2) is 31.1 Å². The molecule has 1 saturated carbocycles. The quantitative estimate of drug-likeness (QED) is 0.926. The van der Waals surface area contributed by atoms with E-state index in [9.17, 15) is 0 Å². The molecule has 2 aliphatic rings. The molecule has 0 radical (unpaired) electrons. The molecule has 1 aromatic heterocycles. The lowest BCUT2D eigenvalue weighted by molar-refractivity contribution is 0.0849. The van der Waals surface area contributed by atoms with Gasteiger partial charge in [-0.25, -0.2) is 0 Å². The fourth-order valence-electron chi connectivity index (χ4n) is 3.69. The average molecular weight is 286 g/mol. The van der Waals surface area contributed by atoms with Crippen LogP contribution >= 0.6 is 11.3 Å². The lowest BCUT2D eigenvalue weighted by Crippen LogP contribution is -2.47. The zero-order chi connectivity index (χ0) is 13.4. The summed E-state index contributed by atoms with van der Waals surface area (Å²) in [6, 6.07) is 9.58. The van der Waals surface area contributed by atoms with Gasteiger partial charge >= 0.3 is 0 Å². The van der Waals surface area contributed by atoms with Gasteiger partial charge in [0.2, 0.25) is 0 Å². The molecule has 106 valence electrons. The van der Waals surface area contributed by atoms with Gasteiger partial charge in [-0.1, -0.05) is 24.6 Å². The SMILES string of the molecule is c1ccc2c([C@@H](C3CCC3)N3CCNCC3)csc2c1. The van der Waals surface area contributed by atoms with Crippen molar-refractivity contribution in [2.24, 2.45) is 5.92 Å². The predicted octanol–water partition coefficient (Wildman–Crippen LogP) is 3.65. The summed E-state index contributed by atoms with van der Waals surface area (Å²) in [6.07, 6.45) is 4.26. The first-order chi connectivity index (χ1) is 9.93. The predicted molar refractivity (Wildman–Crippen MR) is 86.3 cm³/mol. The molecule has 0 unspecified atom stereocenters. The highest BCUT2D eigenvalue weighted by Gasteiger charge is 2.34. The maximum Gasteiger partial charge on any atom is 0.0391 e. The van der Waals surface area contributed by atoms with Crippen molar-refractivity contribution < 1.29 is 0 Å². The molecule has 2 fully saturated rings. The van der Waals surface area contributed by atoms with Crippen LogP contribution in [0, 0.1) is 5.92 Å². The number of hydrogen-bond acceptors (Lipinski definition) is 3. The fourth-order valence-corrected chi connectivity index (χ4v) is 4.68. The Bertz CT molecular complexity index is 581. The Morgan fingerprint density at radius 2 is 1.95 bits per heavy atom. The molecule has 2 aromatic rings. The Morgan fingerprint density at radius 1 is 1.15 bits per heavy atom. The summed E-state index contributed by atoms with van der Waals surface area (Å²) in [7, 11) is 0. The van der Waals surface area contributed by atoms with Crippen molar-refractivity contribution >= 4 is 21.4 Å². The first-order valence-electron chi connectivity index (χ1n) is 7.84. The molecule has 0 spiro atoms. The number of fused-ring (bicyclic) bond motifs is 1. The van der Waals surface area contributed by atoms with Crippen molar-refractivity contribution in [1.29, 1.82) is 0 Å². The molecular formula is C17H22N2S. The van der Waals surface area contributed by atoms with Crippen LogP contribution in [0.15, 0.2) is 29.6 Å². The summed E-state index contributed by atoms with van der Waals surface area (Å²) >= 11 is 1.92. The second-order valence-corrected chi connectivity index (χ2v) is 7.02. The van der Waals surface area contributed by atoms with Crippen molar-refractivity contribution in [2.45, 2.75) is 25.3 Å². The van der Waals surface area contributed by atoms with E-state index in [-0.39, 0.29) is 0 Å². The molecular weight excluding hydrogens is 264 g/mol. The number of piperazine rings is 1. The zero-order valence-corrected chi connectivity index (χ0v) is 12.7. The van der Waals surface area contributed by atoms with E-state index in [1.165, 1.54) is 42.4 Å². The summed E-state index contributed by atoms with van der Waals surface area (Å²) in [6.45, 7) is 4.69. The maximum absolute atomic E-state index is 3.49. The maximum atomic E-state index is 3.49. The summed E-state index contributed by atoms with van der Waals surface area (Å²) in [5.74, 6) is 0.881. The van der Waals surface area contributed by atoms with Crippen molar-refractivity contribution in [3.05, 3.63) is 35.2 Å². The second kappa shape index (κ2) is 5.47. The topological polar surface area (TPSA) is 15.3 Å². The average Bonchev–Trinajstić information content (AvgIpc) is 2.87. The summed E-state index contributed by atoms with van der Waals surface area (Å²) < 4.78 is 1.45. The van der Waals surface area contributed by atoms with E-state index in [1.807, 2.05) is 11.3 Å².